The first-order valence-electron chi connectivity index (χ1n) is 7.28. The van der Waals surface area contributed by atoms with Gasteiger partial charge in [-0.15, -0.1) is 11.6 Å². The number of halogens is 2. The summed E-state index contributed by atoms with van der Waals surface area (Å²) >= 11 is 12.8. The lowest BCUT2D eigenvalue weighted by Gasteiger charge is -2.22. The molecule has 0 nitrogen and oxygen atoms in total. The second kappa shape index (κ2) is 6.42. The molecule has 0 radical (unpaired) electrons. The molecule has 0 saturated carbocycles. The van der Waals surface area contributed by atoms with Gasteiger partial charge in [-0.1, -0.05) is 23.7 Å². The van der Waals surface area contributed by atoms with E-state index in [1.54, 1.807) is 0 Å². The zero-order chi connectivity index (χ0) is 15.7. The molecule has 0 saturated heterocycles. The Morgan fingerprint density at radius 3 is 1.90 bits per heavy atom. The summed E-state index contributed by atoms with van der Waals surface area (Å²) in [5.74, 6) is 0. The smallest absolute Gasteiger partial charge is 0.0630 e. The van der Waals surface area contributed by atoms with E-state index in [9.17, 15) is 0 Å². The molecule has 0 bridgehead atoms. The molecule has 112 valence electrons. The summed E-state index contributed by atoms with van der Waals surface area (Å²) < 4.78 is 0. The van der Waals surface area contributed by atoms with E-state index < -0.39 is 0 Å². The van der Waals surface area contributed by atoms with Crippen LogP contribution < -0.4 is 0 Å². The highest BCUT2D eigenvalue weighted by atomic mass is 35.5. The quantitative estimate of drug-likeness (QED) is 0.573. The third-order valence-corrected chi connectivity index (χ3v) is 5.28. The lowest BCUT2D eigenvalue weighted by molar-refractivity contribution is 0.889. The molecular weight excluding hydrogens is 299 g/mol. The van der Waals surface area contributed by atoms with Crippen molar-refractivity contribution < 1.29 is 0 Å². The van der Waals surface area contributed by atoms with Gasteiger partial charge in [0.2, 0.25) is 0 Å². The van der Waals surface area contributed by atoms with Gasteiger partial charge in [0.05, 0.1) is 5.38 Å². The van der Waals surface area contributed by atoms with Gasteiger partial charge in [-0.25, -0.2) is 0 Å². The van der Waals surface area contributed by atoms with Crippen molar-refractivity contribution in [1.82, 2.24) is 0 Å². The van der Waals surface area contributed by atoms with E-state index in [2.05, 4.69) is 40.7 Å². The Labute approximate surface area is 138 Å². The molecule has 2 rings (SSSR count). The van der Waals surface area contributed by atoms with Crippen LogP contribution in [0.1, 0.15) is 44.3 Å². The van der Waals surface area contributed by atoms with Gasteiger partial charge in [-0.05, 0) is 92.1 Å². The van der Waals surface area contributed by atoms with E-state index in [4.69, 9.17) is 23.2 Å². The Morgan fingerprint density at radius 2 is 1.38 bits per heavy atom. The van der Waals surface area contributed by atoms with E-state index in [0.29, 0.717) is 0 Å². The van der Waals surface area contributed by atoms with Crippen LogP contribution in [0.25, 0.3) is 0 Å². The summed E-state index contributed by atoms with van der Waals surface area (Å²) in [6.45, 7) is 10.9. The van der Waals surface area contributed by atoms with Crippen LogP contribution >= 0.6 is 23.2 Å². The van der Waals surface area contributed by atoms with Gasteiger partial charge in [0.25, 0.3) is 0 Å². The minimum atomic E-state index is -0.0264. The molecule has 1 unspecified atom stereocenters. The molecule has 0 aliphatic heterocycles. The monoisotopic (exact) mass is 320 g/mol. The van der Waals surface area contributed by atoms with Gasteiger partial charge in [0, 0.05) is 5.02 Å². The van der Waals surface area contributed by atoms with Crippen LogP contribution in [-0.2, 0) is 6.42 Å². The van der Waals surface area contributed by atoms with Crippen LogP contribution in [0, 0.1) is 34.6 Å². The van der Waals surface area contributed by atoms with Gasteiger partial charge >= 0.3 is 0 Å². The van der Waals surface area contributed by atoms with Gasteiger partial charge in [0.1, 0.15) is 0 Å². The van der Waals surface area contributed by atoms with Crippen molar-refractivity contribution in [1.29, 1.82) is 0 Å². The predicted molar refractivity (Wildman–Crippen MR) is 93.9 cm³/mol. The van der Waals surface area contributed by atoms with Gasteiger partial charge < -0.3 is 0 Å². The molecule has 0 aliphatic carbocycles. The number of hydrogen-bond donors (Lipinski definition) is 0. The van der Waals surface area contributed by atoms with E-state index in [1.807, 2.05) is 18.2 Å². The molecule has 0 heterocycles. The van der Waals surface area contributed by atoms with Crippen LogP contribution in [0.3, 0.4) is 0 Å². The highest BCUT2D eigenvalue weighted by Crippen LogP contribution is 2.35. The predicted octanol–water partition coefficient (Wildman–Crippen LogP) is 6.40. The number of benzene rings is 2. The number of alkyl halides is 1. The van der Waals surface area contributed by atoms with Crippen molar-refractivity contribution in [3.63, 3.8) is 0 Å². The highest BCUT2D eigenvalue weighted by Gasteiger charge is 2.19. The number of hydrogen-bond acceptors (Lipinski definition) is 0. The van der Waals surface area contributed by atoms with Crippen molar-refractivity contribution in [2.75, 3.05) is 0 Å². The Kier molecular flexibility index (Phi) is 5.01. The molecule has 1 atom stereocenters. The minimum Gasteiger partial charge on any atom is -0.117 e. The normalized spacial score (nSPS) is 12.5. The Morgan fingerprint density at radius 1 is 0.857 bits per heavy atom. The molecule has 0 fully saturated rings. The molecule has 0 aromatic heterocycles. The molecule has 2 aromatic rings. The molecule has 2 aromatic carbocycles. The highest BCUT2D eigenvalue weighted by molar-refractivity contribution is 6.30. The van der Waals surface area contributed by atoms with Crippen LogP contribution in [0.15, 0.2) is 24.3 Å². The lowest BCUT2D eigenvalue weighted by Crippen LogP contribution is -2.07. The molecule has 21 heavy (non-hydrogen) atoms. The summed E-state index contributed by atoms with van der Waals surface area (Å²) in [5, 5.41) is 0.738. The summed E-state index contributed by atoms with van der Waals surface area (Å²) in [5.41, 5.74) is 9.17. The largest absolute Gasteiger partial charge is 0.117 e. The Bertz CT molecular complexity index is 643. The zero-order valence-electron chi connectivity index (χ0n) is 13.3. The minimum absolute atomic E-state index is 0.0264. The average Bonchev–Trinajstić information content (AvgIpc) is 2.43. The van der Waals surface area contributed by atoms with Crippen molar-refractivity contribution in [2.24, 2.45) is 0 Å². The van der Waals surface area contributed by atoms with E-state index in [0.717, 1.165) is 11.4 Å². The van der Waals surface area contributed by atoms with Crippen molar-refractivity contribution in [3.8, 4) is 0 Å². The Hall–Kier alpha value is -0.980. The van der Waals surface area contributed by atoms with Crippen LogP contribution in [-0.4, -0.2) is 0 Å². The van der Waals surface area contributed by atoms with Gasteiger partial charge in [-0.3, -0.25) is 0 Å². The first kappa shape index (κ1) is 16.4. The summed E-state index contributed by atoms with van der Waals surface area (Å²) in [6, 6.07) is 7.95. The molecule has 2 heteroatoms. The fourth-order valence-electron chi connectivity index (χ4n) is 2.97. The lowest BCUT2D eigenvalue weighted by atomic mass is 9.87. The molecule has 0 aliphatic rings. The fraction of sp³-hybridized carbons (Fsp3) is 0.368. The van der Waals surface area contributed by atoms with E-state index in [1.165, 1.54) is 38.9 Å². The van der Waals surface area contributed by atoms with Crippen molar-refractivity contribution in [3.05, 3.63) is 68.2 Å². The molecular formula is C19H22Cl2. The van der Waals surface area contributed by atoms with Gasteiger partial charge in [-0.2, -0.15) is 0 Å². The third-order valence-electron chi connectivity index (χ3n) is 4.68. The zero-order valence-corrected chi connectivity index (χ0v) is 14.9. The van der Waals surface area contributed by atoms with Crippen LogP contribution in [0.5, 0.6) is 0 Å². The standard InChI is InChI=1S/C19H22Cl2/c1-11-12(2)14(4)19(15(5)13(11)3)18(21)10-16-7-6-8-17(20)9-16/h6-9,18H,10H2,1-5H3. The summed E-state index contributed by atoms with van der Waals surface area (Å²) in [6.07, 6.45) is 0.797. The second-order valence-corrected chi connectivity index (χ2v) is 6.80. The average molecular weight is 321 g/mol. The first-order chi connectivity index (χ1) is 9.82. The van der Waals surface area contributed by atoms with Crippen LogP contribution in [0.2, 0.25) is 5.02 Å². The Balaban J connectivity index is 2.42. The maximum Gasteiger partial charge on any atom is 0.0630 e. The third kappa shape index (κ3) is 3.27. The fourth-order valence-corrected chi connectivity index (χ4v) is 3.69. The van der Waals surface area contributed by atoms with Gasteiger partial charge in [0.15, 0.2) is 0 Å². The maximum atomic E-state index is 6.76. The molecule has 0 amide bonds. The topological polar surface area (TPSA) is 0 Å². The van der Waals surface area contributed by atoms with E-state index >= 15 is 0 Å². The molecule has 0 N–H and O–H groups in total. The van der Waals surface area contributed by atoms with Crippen molar-refractivity contribution in [2.45, 2.75) is 46.4 Å². The van der Waals surface area contributed by atoms with Crippen molar-refractivity contribution >= 4 is 23.2 Å². The van der Waals surface area contributed by atoms with E-state index in [-0.39, 0.29) is 5.38 Å². The maximum absolute atomic E-state index is 6.76. The number of rotatable bonds is 3. The van der Waals surface area contributed by atoms with Crippen LogP contribution in [0.4, 0.5) is 0 Å². The second-order valence-electron chi connectivity index (χ2n) is 5.84. The SMILES string of the molecule is Cc1c(C)c(C)c(C(Cl)Cc2cccc(Cl)c2)c(C)c1C. The summed E-state index contributed by atoms with van der Waals surface area (Å²) in [4.78, 5) is 0. The molecule has 0 spiro atoms. The first-order valence-corrected chi connectivity index (χ1v) is 8.09. The summed E-state index contributed by atoms with van der Waals surface area (Å²) in [7, 11) is 0.